The largest absolute Gasteiger partial charge is 0.497 e. The number of hydrogen-bond acceptors (Lipinski definition) is 7. The summed E-state index contributed by atoms with van der Waals surface area (Å²) in [5.74, 6) is 2.56. The molecule has 0 aliphatic carbocycles. The Morgan fingerprint density at radius 2 is 1.89 bits per heavy atom. The molecule has 2 heterocycles. The first-order valence-corrected chi connectivity index (χ1v) is 12.9. The number of hydrogen-bond donors (Lipinski definition) is 3. The molecular weight excluding hydrogens is 458 g/mol. The highest BCUT2D eigenvalue weighted by molar-refractivity contribution is 5.92. The lowest BCUT2D eigenvalue weighted by atomic mass is 10.0. The van der Waals surface area contributed by atoms with E-state index in [0.29, 0.717) is 48.9 Å². The zero-order valence-electron chi connectivity index (χ0n) is 21.5. The molecule has 0 bridgehead atoms. The Morgan fingerprint density at radius 3 is 2.58 bits per heavy atom. The van der Waals surface area contributed by atoms with Gasteiger partial charge in [-0.3, -0.25) is 9.69 Å². The maximum Gasteiger partial charge on any atom is 0.238 e. The molecule has 0 aromatic heterocycles. The molecule has 2 aliphatic rings. The first-order valence-electron chi connectivity index (χ1n) is 12.9. The molecule has 8 nitrogen and oxygen atoms in total. The third-order valence-electron chi connectivity index (χ3n) is 6.71. The van der Waals surface area contributed by atoms with Crippen LogP contribution in [0.4, 0.5) is 5.69 Å². The molecule has 2 aromatic rings. The van der Waals surface area contributed by atoms with Crippen LogP contribution in [0, 0.1) is 5.92 Å². The van der Waals surface area contributed by atoms with Crippen LogP contribution in [0.15, 0.2) is 42.5 Å². The van der Waals surface area contributed by atoms with Gasteiger partial charge in [-0.25, -0.2) is 0 Å². The van der Waals surface area contributed by atoms with E-state index in [-0.39, 0.29) is 5.91 Å². The van der Waals surface area contributed by atoms with Crippen LogP contribution in [0.3, 0.4) is 0 Å². The van der Waals surface area contributed by atoms with Gasteiger partial charge in [0.05, 0.1) is 13.7 Å². The summed E-state index contributed by atoms with van der Waals surface area (Å²) in [7, 11) is 1.60. The summed E-state index contributed by atoms with van der Waals surface area (Å²) in [6, 6.07) is 13.8. The Hall–Kier alpha value is -2.81. The summed E-state index contributed by atoms with van der Waals surface area (Å²) in [6.45, 7) is 7.19. The van der Waals surface area contributed by atoms with Crippen LogP contribution in [0.5, 0.6) is 17.2 Å². The van der Waals surface area contributed by atoms with Crippen molar-refractivity contribution >= 4 is 11.6 Å². The molecule has 3 N–H and O–H groups in total. The summed E-state index contributed by atoms with van der Waals surface area (Å²) in [6.07, 6.45) is 1.75. The van der Waals surface area contributed by atoms with Crippen LogP contribution in [0.1, 0.15) is 32.3 Å². The number of fused-ring (bicyclic) bond motifs is 1. The number of nitrogens with zero attached hydrogens (tertiary/aromatic N) is 1. The topological polar surface area (TPSA) is 92.3 Å². The maximum atomic E-state index is 12.5. The van der Waals surface area contributed by atoms with Crippen LogP contribution in [-0.2, 0) is 11.2 Å². The van der Waals surface area contributed by atoms with Crippen LogP contribution in [0.2, 0.25) is 0 Å². The molecular formula is C28H39N3O5. The van der Waals surface area contributed by atoms with E-state index in [1.165, 1.54) is 5.56 Å². The Bertz CT molecular complexity index is 989. The van der Waals surface area contributed by atoms with E-state index in [1.54, 1.807) is 13.2 Å². The van der Waals surface area contributed by atoms with Gasteiger partial charge in [0.15, 0.2) is 17.6 Å². The van der Waals surface area contributed by atoms with Crippen molar-refractivity contribution in [2.75, 3.05) is 45.2 Å². The van der Waals surface area contributed by atoms with E-state index in [0.717, 1.165) is 38.0 Å². The van der Waals surface area contributed by atoms with Gasteiger partial charge < -0.3 is 30.0 Å². The molecule has 4 rings (SSSR count). The Kier molecular flexibility index (Phi) is 9.07. The van der Waals surface area contributed by atoms with Gasteiger partial charge in [-0.05, 0) is 55.0 Å². The molecule has 36 heavy (non-hydrogen) atoms. The summed E-state index contributed by atoms with van der Waals surface area (Å²) < 4.78 is 17.0. The number of aliphatic hydroxyl groups excluding tert-OH is 1. The lowest BCUT2D eigenvalue weighted by Crippen LogP contribution is -2.50. The van der Waals surface area contributed by atoms with E-state index >= 15 is 0 Å². The third kappa shape index (κ3) is 7.35. The second-order valence-electron chi connectivity index (χ2n) is 10.1. The zero-order valence-corrected chi connectivity index (χ0v) is 21.5. The van der Waals surface area contributed by atoms with Gasteiger partial charge >= 0.3 is 0 Å². The number of nitrogens with one attached hydrogen (secondary N) is 2. The SMILES string of the molecule is COc1ccc2c(c1)OC(C(O)CNC1CCN(CC(=O)Nc3ccc(CC(C)C)cc3)CC1)CO2. The van der Waals surface area contributed by atoms with Gasteiger partial charge in [-0.15, -0.1) is 0 Å². The van der Waals surface area contributed by atoms with E-state index in [9.17, 15) is 9.90 Å². The van der Waals surface area contributed by atoms with Gasteiger partial charge in [0.25, 0.3) is 0 Å². The van der Waals surface area contributed by atoms with Crippen LogP contribution in [0.25, 0.3) is 0 Å². The highest BCUT2D eigenvalue weighted by Gasteiger charge is 2.29. The zero-order chi connectivity index (χ0) is 25.5. The first-order chi connectivity index (χ1) is 17.4. The van der Waals surface area contributed by atoms with E-state index in [1.807, 2.05) is 24.3 Å². The average molecular weight is 498 g/mol. The number of methoxy groups -OCH3 is 1. The maximum absolute atomic E-state index is 12.5. The standard InChI is InChI=1S/C28H39N3O5/c1-19(2)14-20-4-6-22(7-5-20)30-28(33)17-31-12-10-21(11-13-31)29-16-24(32)27-18-35-25-9-8-23(34-3)15-26(25)36-27/h4-9,15,19,21,24,27,29,32H,10-14,16-18H2,1-3H3,(H,30,33). The van der Waals surface area contributed by atoms with Gasteiger partial charge in [0.2, 0.25) is 5.91 Å². The molecule has 1 amide bonds. The third-order valence-corrected chi connectivity index (χ3v) is 6.71. The number of benzene rings is 2. The summed E-state index contributed by atoms with van der Waals surface area (Å²) in [4.78, 5) is 14.7. The van der Waals surface area contributed by atoms with Crippen molar-refractivity contribution in [3.05, 3.63) is 48.0 Å². The minimum atomic E-state index is -0.694. The van der Waals surface area contributed by atoms with E-state index < -0.39 is 12.2 Å². The molecule has 2 aliphatic heterocycles. The van der Waals surface area contributed by atoms with Gasteiger partial charge in [0, 0.05) is 37.4 Å². The number of anilines is 1. The Morgan fingerprint density at radius 1 is 1.14 bits per heavy atom. The molecule has 0 spiro atoms. The molecule has 2 atom stereocenters. The van der Waals surface area contributed by atoms with Gasteiger partial charge in [-0.1, -0.05) is 26.0 Å². The molecule has 0 radical (unpaired) electrons. The second-order valence-corrected chi connectivity index (χ2v) is 10.1. The number of piperidine rings is 1. The summed E-state index contributed by atoms with van der Waals surface area (Å²) in [5, 5.41) is 17.1. The fourth-order valence-electron chi connectivity index (χ4n) is 4.70. The highest BCUT2D eigenvalue weighted by Crippen LogP contribution is 2.35. The highest BCUT2D eigenvalue weighted by atomic mass is 16.6. The molecule has 196 valence electrons. The van der Waals surface area contributed by atoms with Crippen LogP contribution < -0.4 is 24.8 Å². The quantitative estimate of drug-likeness (QED) is 0.465. The predicted molar refractivity (Wildman–Crippen MR) is 140 cm³/mol. The van der Waals surface area contributed by atoms with Gasteiger partial charge in [-0.2, -0.15) is 0 Å². The molecule has 2 unspecified atom stereocenters. The number of amides is 1. The van der Waals surface area contributed by atoms with E-state index in [4.69, 9.17) is 14.2 Å². The van der Waals surface area contributed by atoms with Crippen molar-refractivity contribution in [2.45, 2.75) is 51.4 Å². The molecule has 2 aromatic carbocycles. The van der Waals surface area contributed by atoms with Crippen LogP contribution >= 0.6 is 0 Å². The average Bonchev–Trinajstić information content (AvgIpc) is 2.88. The number of carbonyl (C=O) groups is 1. The fourth-order valence-corrected chi connectivity index (χ4v) is 4.70. The van der Waals surface area contributed by atoms with Crippen molar-refractivity contribution in [3.63, 3.8) is 0 Å². The van der Waals surface area contributed by atoms with Crippen molar-refractivity contribution in [3.8, 4) is 17.2 Å². The minimum absolute atomic E-state index is 0.0137. The van der Waals surface area contributed by atoms with Crippen LogP contribution in [-0.4, -0.2) is 74.1 Å². The van der Waals surface area contributed by atoms with Crippen molar-refractivity contribution < 1.29 is 24.1 Å². The molecule has 1 saturated heterocycles. The molecule has 1 fully saturated rings. The predicted octanol–water partition coefficient (Wildman–Crippen LogP) is 3.09. The molecule has 0 saturated carbocycles. The van der Waals surface area contributed by atoms with Gasteiger partial charge in [0.1, 0.15) is 18.5 Å². The first kappa shape index (κ1) is 26.3. The lowest BCUT2D eigenvalue weighted by molar-refractivity contribution is -0.117. The number of carbonyl (C=O) groups excluding carboxylic acids is 1. The normalized spacial score (nSPS) is 19.2. The van der Waals surface area contributed by atoms with E-state index in [2.05, 4.69) is 41.5 Å². The Labute approximate surface area is 213 Å². The molecule has 8 heteroatoms. The minimum Gasteiger partial charge on any atom is -0.497 e. The summed E-state index contributed by atoms with van der Waals surface area (Å²) in [5.41, 5.74) is 2.13. The second kappa shape index (κ2) is 12.4. The van der Waals surface area contributed by atoms with Crippen molar-refractivity contribution in [1.29, 1.82) is 0 Å². The number of aliphatic hydroxyl groups is 1. The van der Waals surface area contributed by atoms with Crippen molar-refractivity contribution in [1.82, 2.24) is 10.2 Å². The lowest BCUT2D eigenvalue weighted by Gasteiger charge is -2.34. The fraction of sp³-hybridized carbons (Fsp3) is 0.536. The number of ether oxygens (including phenoxy) is 3. The summed E-state index contributed by atoms with van der Waals surface area (Å²) >= 11 is 0. The van der Waals surface area contributed by atoms with Crippen molar-refractivity contribution in [2.24, 2.45) is 5.92 Å². The number of likely N-dealkylation sites (tertiary alicyclic amines) is 1. The smallest absolute Gasteiger partial charge is 0.238 e. The Balaban J connectivity index is 1.15. The number of rotatable bonds is 10. The monoisotopic (exact) mass is 497 g/mol.